The second-order valence-corrected chi connectivity index (χ2v) is 3.87. The Kier molecular flexibility index (Phi) is 3.30. The van der Waals surface area contributed by atoms with Crippen molar-refractivity contribution < 1.29 is 9.53 Å². The van der Waals surface area contributed by atoms with Gasteiger partial charge in [-0.15, -0.1) is 0 Å². The van der Waals surface area contributed by atoms with E-state index in [0.29, 0.717) is 12.2 Å². The highest BCUT2D eigenvalue weighted by molar-refractivity contribution is 5.67. The summed E-state index contributed by atoms with van der Waals surface area (Å²) in [6.07, 6.45) is 0.715. The van der Waals surface area contributed by atoms with E-state index in [2.05, 4.69) is 27.4 Å². The maximum Gasteiger partial charge on any atom is 0.307 e. The van der Waals surface area contributed by atoms with Crippen molar-refractivity contribution in [2.24, 2.45) is 5.41 Å². The lowest BCUT2D eigenvalue weighted by Gasteiger charge is -2.18. The minimum absolute atomic E-state index is 0.131. The van der Waals surface area contributed by atoms with Crippen LogP contribution in [0.25, 0.3) is 0 Å². The van der Waals surface area contributed by atoms with Gasteiger partial charge < -0.3 is 4.74 Å². The quantitative estimate of drug-likeness (QED) is 0.453. The van der Waals surface area contributed by atoms with Gasteiger partial charge in [-0.25, -0.2) is 0 Å². The number of hydrogen-bond acceptors (Lipinski definition) is 2. The van der Waals surface area contributed by atoms with Gasteiger partial charge in [0.05, 0.1) is 0 Å². The van der Waals surface area contributed by atoms with E-state index in [0.717, 1.165) is 0 Å². The van der Waals surface area contributed by atoms with Crippen molar-refractivity contribution in [1.29, 1.82) is 0 Å². The van der Waals surface area contributed by atoms with E-state index >= 15 is 0 Å². The molecule has 0 aliphatic rings. The summed E-state index contributed by atoms with van der Waals surface area (Å²) < 4.78 is 4.79. The third-order valence-electron chi connectivity index (χ3n) is 1.02. The smallest absolute Gasteiger partial charge is 0.307 e. The molecule has 0 aromatic rings. The Morgan fingerprint density at radius 1 is 1.45 bits per heavy atom. The molecule has 0 bridgehead atoms. The van der Waals surface area contributed by atoms with Crippen LogP contribution in [0.3, 0.4) is 0 Å². The molecule has 0 rings (SSSR count). The van der Waals surface area contributed by atoms with Gasteiger partial charge in [-0.05, 0) is 5.41 Å². The monoisotopic (exact) mass is 156 g/mol. The third-order valence-corrected chi connectivity index (χ3v) is 1.02. The van der Waals surface area contributed by atoms with Crippen LogP contribution in [0.5, 0.6) is 0 Å². The molecule has 0 spiro atoms. The van der Waals surface area contributed by atoms with Crippen molar-refractivity contribution in [2.45, 2.75) is 34.1 Å². The molecule has 2 heteroatoms. The van der Waals surface area contributed by atoms with Crippen LogP contribution in [0.15, 0.2) is 12.3 Å². The van der Waals surface area contributed by atoms with Gasteiger partial charge >= 0.3 is 5.97 Å². The Balaban J connectivity index is 3.80. The molecule has 0 amide bonds. The number of esters is 1. The average Bonchev–Trinajstić information content (AvgIpc) is 1.53. The standard InChI is InChI=1S/C9H16O2/c1-7(11-8(2)10)6-9(3,4)5/h1,6H2,2-5H3. The summed E-state index contributed by atoms with van der Waals surface area (Å²) in [4.78, 5) is 10.5. The Labute approximate surface area is 68.2 Å². The summed E-state index contributed by atoms with van der Waals surface area (Å²) in [5.41, 5.74) is 0.131. The van der Waals surface area contributed by atoms with Crippen LogP contribution in [0, 0.1) is 5.41 Å². The van der Waals surface area contributed by atoms with Crippen molar-refractivity contribution >= 4 is 5.97 Å². The van der Waals surface area contributed by atoms with Crippen molar-refractivity contribution in [3.05, 3.63) is 12.3 Å². The fourth-order valence-corrected chi connectivity index (χ4v) is 0.831. The molecule has 2 nitrogen and oxygen atoms in total. The molecule has 0 N–H and O–H groups in total. The average molecular weight is 156 g/mol. The van der Waals surface area contributed by atoms with Gasteiger partial charge in [-0.3, -0.25) is 4.79 Å². The second-order valence-electron chi connectivity index (χ2n) is 3.87. The number of ether oxygens (including phenoxy) is 1. The Bertz CT molecular complexity index is 163. The Morgan fingerprint density at radius 3 is 2.18 bits per heavy atom. The molecule has 0 aromatic heterocycles. The molecular weight excluding hydrogens is 140 g/mol. The number of rotatable bonds is 2. The zero-order valence-corrected chi connectivity index (χ0v) is 7.73. The zero-order chi connectivity index (χ0) is 9.07. The first-order valence-corrected chi connectivity index (χ1v) is 3.67. The van der Waals surface area contributed by atoms with Crippen LogP contribution in [0.1, 0.15) is 34.1 Å². The molecule has 11 heavy (non-hydrogen) atoms. The van der Waals surface area contributed by atoms with Gasteiger partial charge in [0.1, 0.15) is 5.76 Å². The molecule has 0 unspecified atom stereocenters. The highest BCUT2D eigenvalue weighted by atomic mass is 16.5. The van der Waals surface area contributed by atoms with Crippen LogP contribution in [-0.4, -0.2) is 5.97 Å². The largest absolute Gasteiger partial charge is 0.432 e. The number of allylic oxidation sites excluding steroid dienone is 1. The number of hydrogen-bond donors (Lipinski definition) is 0. The predicted molar refractivity (Wildman–Crippen MR) is 45.0 cm³/mol. The summed E-state index contributed by atoms with van der Waals surface area (Å²) >= 11 is 0. The summed E-state index contributed by atoms with van der Waals surface area (Å²) in [7, 11) is 0. The highest BCUT2D eigenvalue weighted by Gasteiger charge is 2.13. The minimum Gasteiger partial charge on any atom is -0.432 e. The van der Waals surface area contributed by atoms with Crippen LogP contribution in [0.4, 0.5) is 0 Å². The first-order chi connectivity index (χ1) is 4.81. The maximum absolute atomic E-state index is 10.5. The molecule has 64 valence electrons. The second kappa shape index (κ2) is 3.56. The zero-order valence-electron chi connectivity index (χ0n) is 7.73. The fraction of sp³-hybridized carbons (Fsp3) is 0.667. The van der Waals surface area contributed by atoms with Crippen molar-refractivity contribution in [3.8, 4) is 0 Å². The normalized spacial score (nSPS) is 10.9. The van der Waals surface area contributed by atoms with Crippen LogP contribution < -0.4 is 0 Å². The van der Waals surface area contributed by atoms with Crippen LogP contribution in [0.2, 0.25) is 0 Å². The highest BCUT2D eigenvalue weighted by Crippen LogP contribution is 2.23. The molecule has 0 atom stereocenters. The minimum atomic E-state index is -0.292. The van der Waals surface area contributed by atoms with Gasteiger partial charge in [0.25, 0.3) is 0 Å². The van der Waals surface area contributed by atoms with Crippen molar-refractivity contribution in [3.63, 3.8) is 0 Å². The van der Waals surface area contributed by atoms with Crippen LogP contribution >= 0.6 is 0 Å². The topological polar surface area (TPSA) is 26.3 Å². The molecule has 0 aliphatic heterocycles. The molecule has 0 heterocycles. The predicted octanol–water partition coefficient (Wildman–Crippen LogP) is 2.50. The Hall–Kier alpha value is -0.790. The fourth-order valence-electron chi connectivity index (χ4n) is 0.831. The van der Waals surface area contributed by atoms with Gasteiger partial charge in [0.2, 0.25) is 0 Å². The third kappa shape index (κ3) is 7.10. The number of carbonyl (C=O) groups excluding carboxylic acids is 1. The molecule has 0 fully saturated rings. The molecular formula is C9H16O2. The van der Waals surface area contributed by atoms with Gasteiger partial charge in [-0.2, -0.15) is 0 Å². The van der Waals surface area contributed by atoms with E-state index in [1.54, 1.807) is 0 Å². The van der Waals surface area contributed by atoms with E-state index in [1.807, 2.05) is 0 Å². The maximum atomic E-state index is 10.5. The lowest BCUT2D eigenvalue weighted by molar-refractivity contribution is -0.137. The van der Waals surface area contributed by atoms with Crippen molar-refractivity contribution in [1.82, 2.24) is 0 Å². The first kappa shape index (κ1) is 10.2. The van der Waals surface area contributed by atoms with Gasteiger partial charge in [0, 0.05) is 13.3 Å². The molecule has 0 aliphatic carbocycles. The van der Waals surface area contributed by atoms with E-state index in [1.165, 1.54) is 6.92 Å². The number of carbonyl (C=O) groups is 1. The van der Waals surface area contributed by atoms with E-state index in [-0.39, 0.29) is 11.4 Å². The van der Waals surface area contributed by atoms with Gasteiger partial charge in [-0.1, -0.05) is 27.4 Å². The molecule has 0 saturated carbocycles. The molecule has 0 radical (unpaired) electrons. The van der Waals surface area contributed by atoms with Crippen LogP contribution in [-0.2, 0) is 9.53 Å². The SMILES string of the molecule is C=C(CC(C)(C)C)OC(C)=O. The van der Waals surface area contributed by atoms with E-state index < -0.39 is 0 Å². The summed E-state index contributed by atoms with van der Waals surface area (Å²) in [6, 6.07) is 0. The van der Waals surface area contributed by atoms with Gasteiger partial charge in [0.15, 0.2) is 0 Å². The first-order valence-electron chi connectivity index (χ1n) is 3.67. The van der Waals surface area contributed by atoms with Crippen molar-refractivity contribution in [2.75, 3.05) is 0 Å². The van der Waals surface area contributed by atoms with E-state index in [4.69, 9.17) is 4.74 Å². The van der Waals surface area contributed by atoms with E-state index in [9.17, 15) is 4.79 Å². The molecule has 0 aromatic carbocycles. The Morgan fingerprint density at radius 2 is 1.91 bits per heavy atom. The summed E-state index contributed by atoms with van der Waals surface area (Å²) in [6.45, 7) is 11.2. The summed E-state index contributed by atoms with van der Waals surface area (Å²) in [5, 5.41) is 0. The lowest BCUT2D eigenvalue weighted by Crippen LogP contribution is -2.09. The lowest BCUT2D eigenvalue weighted by atomic mass is 9.92. The summed E-state index contributed by atoms with van der Waals surface area (Å²) in [5.74, 6) is 0.254. The molecule has 0 saturated heterocycles.